The Kier molecular flexibility index (Phi) is 3.39. The fourth-order valence-electron chi connectivity index (χ4n) is 2.56. The first-order chi connectivity index (χ1) is 12.2. The van der Waals surface area contributed by atoms with E-state index in [1.54, 1.807) is 36.4 Å². The summed E-state index contributed by atoms with van der Waals surface area (Å²) in [6, 6.07) is 15.1. The van der Waals surface area contributed by atoms with Crippen LogP contribution in [0.25, 0.3) is 11.3 Å². The van der Waals surface area contributed by atoms with Gasteiger partial charge in [-0.3, -0.25) is 9.59 Å². The minimum atomic E-state index is -0.956. The second-order valence-electron chi connectivity index (χ2n) is 5.23. The van der Waals surface area contributed by atoms with Crippen molar-refractivity contribution in [3.8, 4) is 11.3 Å². The molecule has 2 aromatic carbocycles. The number of hydroxylamine groups is 2. The van der Waals surface area contributed by atoms with Gasteiger partial charge in [-0.1, -0.05) is 47.5 Å². The Morgan fingerprint density at radius 2 is 1.52 bits per heavy atom. The van der Waals surface area contributed by atoms with Crippen molar-refractivity contribution in [2.75, 3.05) is 0 Å². The second-order valence-corrected chi connectivity index (χ2v) is 5.23. The van der Waals surface area contributed by atoms with Gasteiger partial charge in [-0.25, -0.2) is 9.78 Å². The van der Waals surface area contributed by atoms with E-state index in [-0.39, 0.29) is 22.6 Å². The van der Waals surface area contributed by atoms with Crippen LogP contribution in [0.1, 0.15) is 31.2 Å². The molecule has 0 saturated heterocycles. The Bertz CT molecular complexity index is 958. The molecule has 1 aliphatic rings. The van der Waals surface area contributed by atoms with Crippen LogP contribution in [0.5, 0.6) is 0 Å². The molecule has 2 amide bonds. The van der Waals surface area contributed by atoms with Crippen LogP contribution in [0, 0.1) is 0 Å². The van der Waals surface area contributed by atoms with Gasteiger partial charge in [-0.15, -0.1) is 0 Å². The van der Waals surface area contributed by atoms with Gasteiger partial charge >= 0.3 is 5.97 Å². The smallest absolute Gasteiger partial charge is 0.386 e. The fourth-order valence-corrected chi connectivity index (χ4v) is 2.56. The lowest BCUT2D eigenvalue weighted by Crippen LogP contribution is -2.32. The van der Waals surface area contributed by atoms with Crippen molar-refractivity contribution in [1.29, 1.82) is 0 Å². The number of imide groups is 1. The first-order valence-electron chi connectivity index (χ1n) is 7.36. The third-order valence-electron chi connectivity index (χ3n) is 3.73. The Morgan fingerprint density at radius 1 is 0.920 bits per heavy atom. The predicted molar refractivity (Wildman–Crippen MR) is 84.3 cm³/mol. The zero-order valence-electron chi connectivity index (χ0n) is 12.7. The minimum absolute atomic E-state index is 0.122. The molecule has 0 unspecified atom stereocenters. The Balaban J connectivity index is 1.62. The number of carbonyl (C=O) groups is 3. The molecule has 0 aliphatic carbocycles. The van der Waals surface area contributed by atoms with Crippen LogP contribution in [0.3, 0.4) is 0 Å². The van der Waals surface area contributed by atoms with Crippen molar-refractivity contribution in [3.63, 3.8) is 0 Å². The molecule has 122 valence electrons. The standard InChI is InChI=1S/C18H10N2O5/c21-16-12-8-4-5-9-13(12)17(22)20(16)25-18(23)14-15(24-10-19-14)11-6-2-1-3-7-11/h1-10H. The maximum absolute atomic E-state index is 12.4. The summed E-state index contributed by atoms with van der Waals surface area (Å²) in [5.41, 5.74) is 0.865. The van der Waals surface area contributed by atoms with E-state index in [1.807, 2.05) is 6.07 Å². The quantitative estimate of drug-likeness (QED) is 0.684. The van der Waals surface area contributed by atoms with Gasteiger partial charge < -0.3 is 9.25 Å². The van der Waals surface area contributed by atoms with E-state index in [9.17, 15) is 14.4 Å². The molecule has 0 atom stereocenters. The Hall–Kier alpha value is -3.74. The highest BCUT2D eigenvalue weighted by molar-refractivity contribution is 6.21. The van der Waals surface area contributed by atoms with Crippen LogP contribution < -0.4 is 0 Å². The summed E-state index contributed by atoms with van der Waals surface area (Å²) in [5, 5.41) is 0.441. The topological polar surface area (TPSA) is 89.7 Å². The monoisotopic (exact) mass is 334 g/mol. The van der Waals surface area contributed by atoms with Gasteiger partial charge in [0.1, 0.15) is 0 Å². The van der Waals surface area contributed by atoms with Gasteiger partial charge in [0.05, 0.1) is 11.1 Å². The van der Waals surface area contributed by atoms with Crippen LogP contribution in [-0.2, 0) is 4.84 Å². The van der Waals surface area contributed by atoms with Gasteiger partial charge in [0, 0.05) is 5.56 Å². The predicted octanol–water partition coefficient (Wildman–Crippen LogP) is 2.71. The maximum Gasteiger partial charge on any atom is 0.386 e. The van der Waals surface area contributed by atoms with E-state index in [0.717, 1.165) is 6.39 Å². The zero-order chi connectivity index (χ0) is 17.4. The Morgan fingerprint density at radius 3 is 2.16 bits per heavy atom. The lowest BCUT2D eigenvalue weighted by atomic mass is 10.1. The minimum Gasteiger partial charge on any atom is -0.443 e. The summed E-state index contributed by atoms with van der Waals surface area (Å²) in [7, 11) is 0. The SMILES string of the molecule is O=C(ON1C(=O)c2ccccc2C1=O)c1ncoc1-c1ccccc1. The Labute approximate surface area is 141 Å². The van der Waals surface area contributed by atoms with E-state index in [2.05, 4.69) is 4.98 Å². The third kappa shape index (κ3) is 2.38. The lowest BCUT2D eigenvalue weighted by Gasteiger charge is -2.11. The average molecular weight is 334 g/mol. The number of aromatic nitrogens is 1. The summed E-state index contributed by atoms with van der Waals surface area (Å²) < 4.78 is 5.25. The molecule has 2 heterocycles. The van der Waals surface area contributed by atoms with Crippen molar-refractivity contribution < 1.29 is 23.6 Å². The summed E-state index contributed by atoms with van der Waals surface area (Å²) in [6.45, 7) is 0. The van der Waals surface area contributed by atoms with Gasteiger partial charge in [0.25, 0.3) is 11.8 Å². The molecular formula is C18H10N2O5. The number of oxazole rings is 1. The molecule has 7 nitrogen and oxygen atoms in total. The molecule has 0 fully saturated rings. The molecule has 4 rings (SSSR count). The highest BCUT2D eigenvalue weighted by atomic mass is 16.7. The second kappa shape index (κ2) is 5.72. The van der Waals surface area contributed by atoms with Gasteiger partial charge in [-0.05, 0) is 12.1 Å². The van der Waals surface area contributed by atoms with Gasteiger partial charge in [0.2, 0.25) is 0 Å². The van der Waals surface area contributed by atoms with Crippen molar-refractivity contribution in [2.24, 2.45) is 0 Å². The molecule has 0 saturated carbocycles. The van der Waals surface area contributed by atoms with Crippen LogP contribution in [0.15, 0.2) is 65.4 Å². The molecule has 0 bridgehead atoms. The molecule has 0 N–H and O–H groups in total. The third-order valence-corrected chi connectivity index (χ3v) is 3.73. The van der Waals surface area contributed by atoms with Crippen LogP contribution in [0.2, 0.25) is 0 Å². The first-order valence-corrected chi connectivity index (χ1v) is 7.36. The average Bonchev–Trinajstić information content (AvgIpc) is 3.23. The molecule has 0 spiro atoms. The normalized spacial score (nSPS) is 13.0. The van der Waals surface area contributed by atoms with Crippen LogP contribution in [0.4, 0.5) is 0 Å². The number of benzene rings is 2. The van der Waals surface area contributed by atoms with E-state index in [4.69, 9.17) is 9.25 Å². The zero-order valence-corrected chi connectivity index (χ0v) is 12.7. The number of rotatable bonds is 3. The van der Waals surface area contributed by atoms with E-state index < -0.39 is 17.8 Å². The van der Waals surface area contributed by atoms with E-state index in [1.165, 1.54) is 12.1 Å². The number of amides is 2. The summed E-state index contributed by atoms with van der Waals surface area (Å²) in [5.74, 6) is -2.15. The highest BCUT2D eigenvalue weighted by Gasteiger charge is 2.39. The molecular weight excluding hydrogens is 324 g/mol. The number of hydrogen-bond donors (Lipinski definition) is 0. The number of fused-ring (bicyclic) bond motifs is 1. The highest BCUT2D eigenvalue weighted by Crippen LogP contribution is 2.26. The molecule has 0 radical (unpaired) electrons. The van der Waals surface area contributed by atoms with Crippen molar-refractivity contribution in [3.05, 3.63) is 77.8 Å². The maximum atomic E-state index is 12.4. The summed E-state index contributed by atoms with van der Waals surface area (Å²) >= 11 is 0. The lowest BCUT2D eigenvalue weighted by molar-refractivity contribution is -0.0587. The number of hydrogen-bond acceptors (Lipinski definition) is 6. The summed E-state index contributed by atoms with van der Waals surface area (Å²) in [6.07, 6.45) is 1.10. The molecule has 1 aliphatic heterocycles. The van der Waals surface area contributed by atoms with Crippen molar-refractivity contribution in [2.45, 2.75) is 0 Å². The summed E-state index contributed by atoms with van der Waals surface area (Å²) in [4.78, 5) is 45.8. The molecule has 1 aromatic heterocycles. The van der Waals surface area contributed by atoms with E-state index in [0.29, 0.717) is 10.6 Å². The van der Waals surface area contributed by atoms with Gasteiger partial charge in [0.15, 0.2) is 17.8 Å². The largest absolute Gasteiger partial charge is 0.443 e. The van der Waals surface area contributed by atoms with E-state index >= 15 is 0 Å². The van der Waals surface area contributed by atoms with Crippen LogP contribution >= 0.6 is 0 Å². The fraction of sp³-hybridized carbons (Fsp3) is 0. The van der Waals surface area contributed by atoms with Gasteiger partial charge in [-0.2, -0.15) is 0 Å². The first kappa shape index (κ1) is 14.8. The number of carbonyl (C=O) groups excluding carboxylic acids is 3. The van der Waals surface area contributed by atoms with Crippen LogP contribution in [-0.4, -0.2) is 27.8 Å². The number of nitrogens with zero attached hydrogens (tertiary/aromatic N) is 2. The van der Waals surface area contributed by atoms with Crippen molar-refractivity contribution in [1.82, 2.24) is 10.0 Å². The molecule has 3 aromatic rings. The molecule has 7 heteroatoms. The van der Waals surface area contributed by atoms with Crippen molar-refractivity contribution >= 4 is 17.8 Å². The molecule has 25 heavy (non-hydrogen) atoms.